The summed E-state index contributed by atoms with van der Waals surface area (Å²) in [5.41, 5.74) is -1.02. The van der Waals surface area contributed by atoms with E-state index in [4.69, 9.17) is 0 Å². The van der Waals surface area contributed by atoms with Crippen LogP contribution in [0.4, 0.5) is 26.3 Å². The van der Waals surface area contributed by atoms with Gasteiger partial charge in [-0.3, -0.25) is 4.79 Å². The number of alkyl halides is 6. The number of rotatable bonds is 8. The largest absolute Gasteiger partial charge is 0.416 e. The number of hydrogen-bond donors (Lipinski definition) is 2. The molecule has 1 aliphatic carbocycles. The minimum atomic E-state index is -5.02. The quantitative estimate of drug-likeness (QED) is 0.438. The van der Waals surface area contributed by atoms with Gasteiger partial charge in [-0.25, -0.2) is 13.1 Å². The summed E-state index contributed by atoms with van der Waals surface area (Å²) in [5, 5.41) is 2.29. The lowest BCUT2D eigenvalue weighted by molar-refractivity contribution is -0.143. The molecule has 1 saturated heterocycles. The topological polar surface area (TPSA) is 78.5 Å². The average Bonchev–Trinajstić information content (AvgIpc) is 3.22. The second-order valence-corrected chi connectivity index (χ2v) is 12.1. The maximum Gasteiger partial charge on any atom is 0.416 e. The Morgan fingerprint density at radius 2 is 1.60 bits per heavy atom. The van der Waals surface area contributed by atoms with Gasteiger partial charge < -0.3 is 10.2 Å². The van der Waals surface area contributed by atoms with Crippen molar-refractivity contribution in [3.63, 3.8) is 0 Å². The van der Waals surface area contributed by atoms with Gasteiger partial charge in [-0.2, -0.15) is 26.3 Å². The number of fused-ring (bicyclic) bond motifs is 2. The highest BCUT2D eigenvalue weighted by molar-refractivity contribution is 7.88. The lowest BCUT2D eigenvalue weighted by atomic mass is 9.74. The lowest BCUT2D eigenvalue weighted by Crippen LogP contribution is -2.49. The standard InChI is InChI=1S/C27H29F6N3O3S/c1-40(38,39)35-23(7-11-36-12-9-25(10-13-36)8-6-19-4-2-3-5-22(19)25)24(37)34-17-18-14-20(26(28,29)30)16-21(15-18)27(31,32)33/h2-6,8,14-16,23,35H,7,9-13,17H2,1H3,(H,34,37). The van der Waals surface area contributed by atoms with E-state index in [2.05, 4.69) is 39.2 Å². The third kappa shape index (κ3) is 7.24. The maximum absolute atomic E-state index is 13.2. The minimum Gasteiger partial charge on any atom is -0.351 e. The van der Waals surface area contributed by atoms with Crippen molar-refractivity contribution < 1.29 is 39.6 Å². The van der Waals surface area contributed by atoms with Crippen molar-refractivity contribution in [2.75, 3.05) is 25.9 Å². The highest BCUT2D eigenvalue weighted by Gasteiger charge is 2.39. The van der Waals surface area contributed by atoms with E-state index in [0.717, 1.165) is 19.1 Å². The van der Waals surface area contributed by atoms with Crippen LogP contribution in [0.25, 0.3) is 6.08 Å². The number of amides is 1. The maximum atomic E-state index is 13.2. The summed E-state index contributed by atoms with van der Waals surface area (Å²) in [4.78, 5) is 15.0. The van der Waals surface area contributed by atoms with Crippen LogP contribution in [-0.4, -0.2) is 51.2 Å². The Hall–Kier alpha value is -2.90. The Morgan fingerprint density at radius 1 is 1.00 bits per heavy atom. The fraction of sp³-hybridized carbons (Fsp3) is 0.444. The van der Waals surface area contributed by atoms with Gasteiger partial charge >= 0.3 is 12.4 Å². The number of nitrogens with one attached hydrogen (secondary N) is 2. The molecule has 0 bridgehead atoms. The summed E-state index contributed by atoms with van der Waals surface area (Å²) in [7, 11) is -3.84. The van der Waals surface area contributed by atoms with Crippen LogP contribution in [0.1, 0.15) is 47.1 Å². The molecule has 0 aromatic heterocycles. The van der Waals surface area contributed by atoms with Gasteiger partial charge in [0.1, 0.15) is 6.04 Å². The number of piperidine rings is 1. The van der Waals surface area contributed by atoms with Crippen molar-refractivity contribution in [3.05, 3.63) is 76.4 Å². The number of carbonyl (C=O) groups excluding carboxylic acids is 1. The number of halogens is 6. The zero-order valence-electron chi connectivity index (χ0n) is 21.6. The van der Waals surface area contributed by atoms with Crippen molar-refractivity contribution in [2.24, 2.45) is 0 Å². The molecule has 1 atom stereocenters. The van der Waals surface area contributed by atoms with E-state index in [9.17, 15) is 39.6 Å². The van der Waals surface area contributed by atoms with Gasteiger partial charge in [0.05, 0.1) is 17.4 Å². The Balaban J connectivity index is 1.39. The van der Waals surface area contributed by atoms with E-state index in [1.165, 1.54) is 11.1 Å². The number of likely N-dealkylation sites (tertiary alicyclic amines) is 1. The first kappa shape index (κ1) is 30.1. The van der Waals surface area contributed by atoms with Crippen LogP contribution in [0.5, 0.6) is 0 Å². The Morgan fingerprint density at radius 3 is 2.17 bits per heavy atom. The van der Waals surface area contributed by atoms with Crippen LogP contribution >= 0.6 is 0 Å². The van der Waals surface area contributed by atoms with Gasteiger partial charge in [-0.15, -0.1) is 0 Å². The fourth-order valence-electron chi connectivity index (χ4n) is 5.29. The molecule has 1 amide bonds. The van der Waals surface area contributed by atoms with E-state index in [-0.39, 0.29) is 17.9 Å². The van der Waals surface area contributed by atoms with Gasteiger partial charge in [0.25, 0.3) is 0 Å². The number of nitrogens with zero attached hydrogens (tertiary/aromatic N) is 1. The first-order valence-electron chi connectivity index (χ1n) is 12.6. The summed E-state index contributed by atoms with van der Waals surface area (Å²) in [6, 6.07) is 7.96. The molecule has 1 aliphatic heterocycles. The SMILES string of the molecule is CS(=O)(=O)NC(CCN1CCC2(C=Cc3ccccc32)CC1)C(=O)NCc1cc(C(F)(F)F)cc(C(F)(F)F)c1. The zero-order chi connectivity index (χ0) is 29.3. The van der Waals surface area contributed by atoms with E-state index < -0.39 is 57.6 Å². The van der Waals surface area contributed by atoms with E-state index >= 15 is 0 Å². The number of sulfonamides is 1. The second kappa shape index (κ2) is 11.2. The molecule has 1 fully saturated rings. The van der Waals surface area contributed by atoms with Crippen molar-refractivity contribution in [1.82, 2.24) is 14.9 Å². The van der Waals surface area contributed by atoms with Crippen LogP contribution in [0.3, 0.4) is 0 Å². The molecule has 13 heteroatoms. The van der Waals surface area contributed by atoms with Crippen LogP contribution in [-0.2, 0) is 39.1 Å². The van der Waals surface area contributed by atoms with Crippen molar-refractivity contribution in [1.29, 1.82) is 0 Å². The summed E-state index contributed by atoms with van der Waals surface area (Å²) in [6.07, 6.45) is -3.10. The van der Waals surface area contributed by atoms with Gasteiger partial charge in [0, 0.05) is 18.5 Å². The minimum absolute atomic E-state index is 0.00203. The first-order valence-corrected chi connectivity index (χ1v) is 14.5. The first-order chi connectivity index (χ1) is 18.6. The monoisotopic (exact) mass is 589 g/mol. The van der Waals surface area contributed by atoms with Gasteiger partial charge in [-0.1, -0.05) is 36.4 Å². The van der Waals surface area contributed by atoms with Crippen LogP contribution in [0.2, 0.25) is 0 Å². The molecule has 4 rings (SSSR count). The molecule has 1 spiro atoms. The average molecular weight is 590 g/mol. The van der Waals surface area contributed by atoms with Gasteiger partial charge in [0.15, 0.2) is 0 Å². The van der Waals surface area contributed by atoms with E-state index in [0.29, 0.717) is 31.8 Å². The highest BCUT2D eigenvalue weighted by Crippen LogP contribution is 2.43. The summed E-state index contributed by atoms with van der Waals surface area (Å²) < 4.78 is 105. The van der Waals surface area contributed by atoms with Crippen molar-refractivity contribution in [3.8, 4) is 0 Å². The van der Waals surface area contributed by atoms with E-state index in [1.807, 2.05) is 12.1 Å². The Kier molecular flexibility index (Phi) is 8.40. The van der Waals surface area contributed by atoms with Crippen LogP contribution < -0.4 is 10.0 Å². The molecule has 1 heterocycles. The lowest BCUT2D eigenvalue weighted by Gasteiger charge is -2.39. The summed E-state index contributed by atoms with van der Waals surface area (Å²) >= 11 is 0. The molecule has 2 aliphatic rings. The molecule has 2 N–H and O–H groups in total. The van der Waals surface area contributed by atoms with E-state index in [1.54, 1.807) is 0 Å². The molecule has 40 heavy (non-hydrogen) atoms. The number of carbonyl (C=O) groups is 1. The highest BCUT2D eigenvalue weighted by atomic mass is 32.2. The van der Waals surface area contributed by atoms with Gasteiger partial charge in [-0.05, 0) is 67.2 Å². The molecular weight excluding hydrogens is 560 g/mol. The molecule has 2 aromatic carbocycles. The Labute approximate surface area is 228 Å². The molecular formula is C27H29F6N3O3S. The molecule has 218 valence electrons. The zero-order valence-corrected chi connectivity index (χ0v) is 22.4. The number of allylic oxidation sites excluding steroid dienone is 1. The van der Waals surface area contributed by atoms with Crippen LogP contribution in [0.15, 0.2) is 48.5 Å². The predicted molar refractivity (Wildman–Crippen MR) is 138 cm³/mol. The molecule has 0 radical (unpaired) electrons. The second-order valence-electron chi connectivity index (χ2n) is 10.3. The third-order valence-electron chi connectivity index (χ3n) is 7.35. The third-order valence-corrected chi connectivity index (χ3v) is 8.06. The Bertz CT molecular complexity index is 1350. The molecule has 2 aromatic rings. The number of hydrogen-bond acceptors (Lipinski definition) is 4. The van der Waals surface area contributed by atoms with Crippen molar-refractivity contribution >= 4 is 22.0 Å². The smallest absolute Gasteiger partial charge is 0.351 e. The van der Waals surface area contributed by atoms with Crippen LogP contribution in [0, 0.1) is 0 Å². The summed E-state index contributed by atoms with van der Waals surface area (Å²) in [6.45, 7) is 1.13. The fourth-order valence-corrected chi connectivity index (χ4v) is 6.04. The summed E-state index contributed by atoms with van der Waals surface area (Å²) in [5.74, 6) is -0.850. The molecule has 6 nitrogen and oxygen atoms in total. The molecule has 0 saturated carbocycles. The van der Waals surface area contributed by atoms with Gasteiger partial charge in [0.2, 0.25) is 15.9 Å². The number of benzene rings is 2. The molecule has 1 unspecified atom stereocenters. The van der Waals surface area contributed by atoms with Crippen molar-refractivity contribution in [2.45, 2.75) is 49.6 Å². The normalized spacial score (nSPS) is 18.1. The predicted octanol–water partition coefficient (Wildman–Crippen LogP) is 4.71.